The fourth-order valence-corrected chi connectivity index (χ4v) is 0.884. The van der Waals surface area contributed by atoms with Crippen molar-refractivity contribution in [2.75, 3.05) is 12.3 Å². The van der Waals surface area contributed by atoms with Crippen LogP contribution in [0.2, 0.25) is 0 Å². The summed E-state index contributed by atoms with van der Waals surface area (Å²) in [7, 11) is 0. The molecule has 1 N–H and O–H groups in total. The van der Waals surface area contributed by atoms with Crippen molar-refractivity contribution < 1.29 is 10.1 Å². The monoisotopic (exact) mass is 150 g/mol. The average molecular weight is 150 g/mol. The van der Waals surface area contributed by atoms with E-state index in [1.807, 2.05) is 17.3 Å². The van der Waals surface area contributed by atoms with Crippen molar-refractivity contribution in [1.29, 1.82) is 0 Å². The normalized spacial score (nSPS) is 14.2. The molecular weight excluding hydrogens is 144 g/mol. The van der Waals surface area contributed by atoms with Crippen LogP contribution < -0.4 is 4.99 Å². The van der Waals surface area contributed by atoms with Crippen LogP contribution in [0.3, 0.4) is 0 Å². The lowest BCUT2D eigenvalue weighted by molar-refractivity contribution is -0.439. The van der Waals surface area contributed by atoms with E-state index in [4.69, 9.17) is 15.3 Å². The Labute approximate surface area is 55.9 Å². The number of hydrogen-bond acceptors (Lipinski definition) is 4. The predicted octanol–water partition coefficient (Wildman–Crippen LogP) is -1.40. The average Bonchev–Trinajstić information content (AvgIpc) is 2.11. The van der Waals surface area contributed by atoms with Gasteiger partial charge in [-0.05, 0) is 0 Å². The quantitative estimate of drug-likeness (QED) is 0.340. The predicted molar refractivity (Wildman–Crippen MR) is 34.7 cm³/mol. The van der Waals surface area contributed by atoms with Crippen LogP contribution in [0.1, 0.15) is 0 Å². The van der Waals surface area contributed by atoms with E-state index in [2.05, 4.69) is 4.99 Å². The van der Waals surface area contributed by atoms with Crippen molar-refractivity contribution >= 4 is 17.3 Å². The van der Waals surface area contributed by atoms with Gasteiger partial charge in [0.2, 0.25) is 0 Å². The van der Waals surface area contributed by atoms with Crippen molar-refractivity contribution in [1.82, 2.24) is 0 Å². The number of hydrogen-bond donors (Lipinski definition) is 1. The molecule has 52 valence electrons. The number of nitrogens with zero attached hydrogens (tertiary/aromatic N) is 1. The number of nitrogens with one attached hydrogen (secondary N) is 1. The van der Waals surface area contributed by atoms with E-state index in [-0.39, 0.29) is 0 Å². The zero-order valence-electron chi connectivity index (χ0n) is 4.57. The second-order valence-corrected chi connectivity index (χ2v) is 2.14. The SMILES string of the molecule is C1=[NH+]CCS1.O=[N+]([O-])[O-]. The Morgan fingerprint density at radius 2 is 2.22 bits per heavy atom. The van der Waals surface area contributed by atoms with Crippen LogP contribution in [0.4, 0.5) is 0 Å². The molecule has 6 heteroatoms. The molecule has 0 aliphatic carbocycles. The fraction of sp³-hybridized carbons (Fsp3) is 0.667. The minimum atomic E-state index is -1.75. The largest absolute Gasteiger partial charge is 0.356 e. The first-order valence-corrected chi connectivity index (χ1v) is 3.26. The first-order valence-electron chi connectivity index (χ1n) is 2.21. The summed E-state index contributed by atoms with van der Waals surface area (Å²) in [5.74, 6) is 1.25. The van der Waals surface area contributed by atoms with Crippen LogP contribution in [0.5, 0.6) is 0 Å². The van der Waals surface area contributed by atoms with Crippen LogP contribution >= 0.6 is 11.8 Å². The summed E-state index contributed by atoms with van der Waals surface area (Å²) >= 11 is 1.84. The van der Waals surface area contributed by atoms with Gasteiger partial charge in [0.05, 0.1) is 10.8 Å². The van der Waals surface area contributed by atoms with Crippen molar-refractivity contribution in [2.45, 2.75) is 0 Å². The Morgan fingerprint density at radius 1 is 1.67 bits per heavy atom. The molecule has 0 amide bonds. The smallest absolute Gasteiger partial charge is 0.196 e. The lowest BCUT2D eigenvalue weighted by Gasteiger charge is -1.74. The first kappa shape index (κ1) is 8.22. The standard InChI is InChI=1S/C3H5NS.NO3/c1-2-5-3-4-1;2-1(3)4/h3H,1-2H2;/q;-1/p+1. The third kappa shape index (κ3) is 11.0. The molecule has 0 fully saturated rings. The second kappa shape index (κ2) is 5.36. The van der Waals surface area contributed by atoms with Crippen LogP contribution in [0.15, 0.2) is 0 Å². The maximum atomic E-state index is 8.25. The van der Waals surface area contributed by atoms with Gasteiger partial charge < -0.3 is 15.3 Å². The zero-order valence-corrected chi connectivity index (χ0v) is 5.39. The minimum absolute atomic E-state index is 1.16. The van der Waals surface area contributed by atoms with Gasteiger partial charge in [0.25, 0.3) is 0 Å². The van der Waals surface area contributed by atoms with Crippen molar-refractivity contribution in [3.8, 4) is 0 Å². The topological polar surface area (TPSA) is 80.2 Å². The summed E-state index contributed by atoms with van der Waals surface area (Å²) in [6, 6.07) is 0. The molecule has 0 atom stereocenters. The molecule has 1 rings (SSSR count). The van der Waals surface area contributed by atoms with Gasteiger partial charge in [-0.2, -0.15) is 0 Å². The Morgan fingerprint density at radius 3 is 2.33 bits per heavy atom. The molecule has 0 radical (unpaired) electrons. The van der Waals surface area contributed by atoms with Gasteiger partial charge >= 0.3 is 0 Å². The molecule has 5 nitrogen and oxygen atoms in total. The lowest BCUT2D eigenvalue weighted by atomic mass is 10.8. The Hall–Kier alpha value is -0.780. The molecule has 0 bridgehead atoms. The lowest BCUT2D eigenvalue weighted by Crippen LogP contribution is -2.65. The van der Waals surface area contributed by atoms with Gasteiger partial charge in [-0.1, -0.05) is 11.8 Å². The van der Waals surface area contributed by atoms with Gasteiger partial charge in [0.15, 0.2) is 12.1 Å². The first-order chi connectivity index (χ1) is 4.23. The third-order valence-electron chi connectivity index (χ3n) is 0.531. The van der Waals surface area contributed by atoms with Crippen molar-refractivity contribution in [2.24, 2.45) is 0 Å². The second-order valence-electron chi connectivity index (χ2n) is 1.17. The number of rotatable bonds is 0. The molecule has 0 unspecified atom stereocenters. The highest BCUT2D eigenvalue weighted by Gasteiger charge is 1.93. The molecular formula is C3H6N2O3S. The zero-order chi connectivity index (χ0) is 7.11. The fourth-order valence-electron chi connectivity index (χ4n) is 0.295. The van der Waals surface area contributed by atoms with E-state index in [1.54, 1.807) is 0 Å². The van der Waals surface area contributed by atoms with Gasteiger partial charge in [-0.15, -0.1) is 0 Å². The van der Waals surface area contributed by atoms with Crippen molar-refractivity contribution in [3.05, 3.63) is 15.3 Å². The highest BCUT2D eigenvalue weighted by Crippen LogP contribution is 1.88. The summed E-state index contributed by atoms with van der Waals surface area (Å²) < 4.78 is 0. The summed E-state index contributed by atoms with van der Waals surface area (Å²) in [6.45, 7) is 1.16. The molecule has 0 spiro atoms. The highest BCUT2D eigenvalue weighted by atomic mass is 32.2. The summed E-state index contributed by atoms with van der Waals surface area (Å²) in [5, 5.41) is 14.8. The van der Waals surface area contributed by atoms with Crippen LogP contribution in [0, 0.1) is 15.3 Å². The molecule has 1 heterocycles. The summed E-state index contributed by atoms with van der Waals surface area (Å²) in [4.78, 5) is 11.3. The van der Waals surface area contributed by atoms with Gasteiger partial charge in [0.1, 0.15) is 0 Å². The molecule has 0 aromatic carbocycles. The van der Waals surface area contributed by atoms with Crippen LogP contribution in [0.25, 0.3) is 0 Å². The van der Waals surface area contributed by atoms with E-state index in [9.17, 15) is 0 Å². The molecule has 0 aromatic rings. The Bertz CT molecular complexity index is 106. The minimum Gasteiger partial charge on any atom is -0.356 e. The van der Waals surface area contributed by atoms with E-state index < -0.39 is 5.09 Å². The summed E-state index contributed by atoms with van der Waals surface area (Å²) in [6.07, 6.45) is 0. The summed E-state index contributed by atoms with van der Waals surface area (Å²) in [5.41, 5.74) is 2.03. The Balaban J connectivity index is 0.000000148. The van der Waals surface area contributed by atoms with Gasteiger partial charge in [-0.3, -0.25) is 0 Å². The molecule has 0 saturated heterocycles. The Kier molecular flexibility index (Phi) is 4.89. The molecule has 1 aliphatic rings. The van der Waals surface area contributed by atoms with E-state index in [0.29, 0.717) is 0 Å². The molecule has 1 aliphatic heterocycles. The van der Waals surface area contributed by atoms with Gasteiger partial charge in [0, 0.05) is 0 Å². The maximum Gasteiger partial charge on any atom is 0.196 e. The van der Waals surface area contributed by atoms with E-state index >= 15 is 0 Å². The van der Waals surface area contributed by atoms with Gasteiger partial charge in [-0.25, -0.2) is 4.99 Å². The maximum absolute atomic E-state index is 8.25. The molecule has 0 saturated carbocycles. The molecule has 9 heavy (non-hydrogen) atoms. The molecule has 0 aromatic heterocycles. The van der Waals surface area contributed by atoms with Crippen molar-refractivity contribution in [3.63, 3.8) is 0 Å². The van der Waals surface area contributed by atoms with Crippen LogP contribution in [-0.4, -0.2) is 22.9 Å². The van der Waals surface area contributed by atoms with Crippen LogP contribution in [-0.2, 0) is 0 Å². The van der Waals surface area contributed by atoms with E-state index in [0.717, 1.165) is 6.54 Å². The number of thioether (sulfide) groups is 1. The third-order valence-corrected chi connectivity index (χ3v) is 1.30. The van der Waals surface area contributed by atoms with E-state index in [1.165, 1.54) is 5.75 Å². The highest BCUT2D eigenvalue weighted by molar-refractivity contribution is 8.12.